The molecule has 1 aliphatic heterocycles. The second-order valence-corrected chi connectivity index (χ2v) is 4.44. The second-order valence-electron chi connectivity index (χ2n) is 3.58. The Bertz CT molecular complexity index is 380. The Morgan fingerprint density at radius 1 is 1.50 bits per heavy atom. The van der Waals surface area contributed by atoms with E-state index in [1.807, 2.05) is 6.92 Å². The molecule has 16 heavy (non-hydrogen) atoms. The van der Waals surface area contributed by atoms with Gasteiger partial charge in [0.25, 0.3) is 0 Å². The summed E-state index contributed by atoms with van der Waals surface area (Å²) < 4.78 is 11.6. The van der Waals surface area contributed by atoms with Gasteiger partial charge in [-0.3, -0.25) is 0 Å². The maximum absolute atomic E-state index is 9.72. The lowest BCUT2D eigenvalue weighted by Crippen LogP contribution is -2.50. The standard InChI is InChI=1S/C11H14BrNO3/c1-2-15-10-4-7(3-9(12)11(10)14)16-8-5-13-6-8/h3-4,8,13-14H,2,5-6H2,1H3. The van der Waals surface area contributed by atoms with Crippen molar-refractivity contribution in [3.8, 4) is 17.2 Å². The van der Waals surface area contributed by atoms with Crippen molar-refractivity contribution in [2.75, 3.05) is 19.7 Å². The van der Waals surface area contributed by atoms with Gasteiger partial charge in [-0.1, -0.05) is 0 Å². The molecule has 2 rings (SSSR count). The summed E-state index contributed by atoms with van der Waals surface area (Å²) in [4.78, 5) is 0. The molecule has 0 bridgehead atoms. The van der Waals surface area contributed by atoms with E-state index >= 15 is 0 Å². The number of benzene rings is 1. The monoisotopic (exact) mass is 287 g/mol. The lowest BCUT2D eigenvalue weighted by molar-refractivity contribution is 0.141. The quantitative estimate of drug-likeness (QED) is 0.888. The third-order valence-electron chi connectivity index (χ3n) is 2.35. The fourth-order valence-electron chi connectivity index (χ4n) is 1.42. The highest BCUT2D eigenvalue weighted by Gasteiger charge is 2.19. The molecule has 1 fully saturated rings. The lowest BCUT2D eigenvalue weighted by Gasteiger charge is -2.28. The zero-order chi connectivity index (χ0) is 11.5. The van der Waals surface area contributed by atoms with Crippen molar-refractivity contribution in [1.82, 2.24) is 5.32 Å². The molecule has 5 heteroatoms. The Morgan fingerprint density at radius 3 is 2.81 bits per heavy atom. The lowest BCUT2D eigenvalue weighted by atomic mass is 10.2. The fourth-order valence-corrected chi connectivity index (χ4v) is 1.84. The average molecular weight is 288 g/mol. The van der Waals surface area contributed by atoms with E-state index in [0.29, 0.717) is 22.6 Å². The molecule has 0 aromatic heterocycles. The number of hydrogen-bond acceptors (Lipinski definition) is 4. The van der Waals surface area contributed by atoms with Crippen LogP contribution in [0.25, 0.3) is 0 Å². The number of nitrogens with one attached hydrogen (secondary N) is 1. The molecule has 0 amide bonds. The molecule has 4 nitrogen and oxygen atoms in total. The summed E-state index contributed by atoms with van der Waals surface area (Å²) in [5.74, 6) is 1.26. The van der Waals surface area contributed by atoms with Crippen LogP contribution in [-0.2, 0) is 0 Å². The van der Waals surface area contributed by atoms with Crippen LogP contribution in [0.5, 0.6) is 17.2 Å². The van der Waals surface area contributed by atoms with Crippen LogP contribution in [0.2, 0.25) is 0 Å². The van der Waals surface area contributed by atoms with Crippen LogP contribution in [-0.4, -0.2) is 30.9 Å². The predicted octanol–water partition coefficient (Wildman–Crippen LogP) is 1.90. The molecule has 1 aromatic carbocycles. The predicted molar refractivity (Wildman–Crippen MR) is 64.3 cm³/mol. The Morgan fingerprint density at radius 2 is 2.25 bits per heavy atom. The molecule has 88 valence electrons. The van der Waals surface area contributed by atoms with Crippen LogP contribution in [0.15, 0.2) is 16.6 Å². The van der Waals surface area contributed by atoms with Crippen LogP contribution < -0.4 is 14.8 Å². The highest BCUT2D eigenvalue weighted by atomic mass is 79.9. The molecule has 0 aliphatic carbocycles. The highest BCUT2D eigenvalue weighted by molar-refractivity contribution is 9.10. The minimum Gasteiger partial charge on any atom is -0.503 e. The van der Waals surface area contributed by atoms with Crippen LogP contribution in [0.1, 0.15) is 6.92 Å². The summed E-state index contributed by atoms with van der Waals surface area (Å²) in [6.45, 7) is 4.11. The number of ether oxygens (including phenoxy) is 2. The zero-order valence-corrected chi connectivity index (χ0v) is 10.6. The number of halogens is 1. The number of aromatic hydroxyl groups is 1. The van der Waals surface area contributed by atoms with E-state index in [0.717, 1.165) is 13.1 Å². The average Bonchev–Trinajstić information content (AvgIpc) is 2.19. The Balaban J connectivity index is 2.17. The van der Waals surface area contributed by atoms with E-state index in [2.05, 4.69) is 21.2 Å². The summed E-state index contributed by atoms with van der Waals surface area (Å²) in [6, 6.07) is 3.46. The SMILES string of the molecule is CCOc1cc(OC2CNC2)cc(Br)c1O. The van der Waals surface area contributed by atoms with E-state index in [1.54, 1.807) is 12.1 Å². The maximum atomic E-state index is 9.72. The van der Waals surface area contributed by atoms with E-state index in [9.17, 15) is 5.11 Å². The normalized spacial score (nSPS) is 15.6. The fraction of sp³-hybridized carbons (Fsp3) is 0.455. The van der Waals surface area contributed by atoms with Gasteiger partial charge in [-0.15, -0.1) is 0 Å². The number of rotatable bonds is 4. The molecule has 1 aliphatic rings. The van der Waals surface area contributed by atoms with Gasteiger partial charge >= 0.3 is 0 Å². The third kappa shape index (κ3) is 2.41. The molecule has 0 atom stereocenters. The molecule has 0 unspecified atom stereocenters. The van der Waals surface area contributed by atoms with Gasteiger partial charge < -0.3 is 19.9 Å². The number of hydrogen-bond donors (Lipinski definition) is 2. The van der Waals surface area contributed by atoms with Crippen molar-refractivity contribution in [1.29, 1.82) is 0 Å². The van der Waals surface area contributed by atoms with Crippen LogP contribution in [0.3, 0.4) is 0 Å². The summed E-state index contributed by atoms with van der Waals surface area (Å²) in [7, 11) is 0. The van der Waals surface area contributed by atoms with Crippen molar-refractivity contribution < 1.29 is 14.6 Å². The van der Waals surface area contributed by atoms with Gasteiger partial charge in [0.05, 0.1) is 11.1 Å². The first kappa shape index (κ1) is 11.5. The molecule has 1 saturated heterocycles. The molecule has 0 spiro atoms. The van der Waals surface area contributed by atoms with Gasteiger partial charge in [0.15, 0.2) is 11.5 Å². The van der Waals surface area contributed by atoms with E-state index < -0.39 is 0 Å². The van der Waals surface area contributed by atoms with E-state index in [1.165, 1.54) is 0 Å². The largest absolute Gasteiger partial charge is 0.503 e. The minimum absolute atomic E-state index is 0.112. The summed E-state index contributed by atoms with van der Waals surface area (Å²) >= 11 is 3.27. The molecule has 1 heterocycles. The zero-order valence-electron chi connectivity index (χ0n) is 9.00. The molecule has 2 N–H and O–H groups in total. The van der Waals surface area contributed by atoms with Crippen molar-refractivity contribution in [2.24, 2.45) is 0 Å². The number of phenols is 1. The van der Waals surface area contributed by atoms with Crippen molar-refractivity contribution in [3.05, 3.63) is 16.6 Å². The van der Waals surface area contributed by atoms with E-state index in [-0.39, 0.29) is 11.9 Å². The summed E-state index contributed by atoms with van der Waals surface area (Å²) in [5.41, 5.74) is 0. The van der Waals surface area contributed by atoms with Crippen molar-refractivity contribution in [2.45, 2.75) is 13.0 Å². The first-order valence-electron chi connectivity index (χ1n) is 5.23. The Hall–Kier alpha value is -0.940. The Kier molecular flexibility index (Phi) is 3.56. The molecule has 0 radical (unpaired) electrons. The van der Waals surface area contributed by atoms with Crippen LogP contribution in [0.4, 0.5) is 0 Å². The maximum Gasteiger partial charge on any atom is 0.172 e. The first-order chi connectivity index (χ1) is 7.70. The van der Waals surface area contributed by atoms with Gasteiger partial charge in [0.1, 0.15) is 11.9 Å². The minimum atomic E-state index is 0.112. The number of phenolic OH excluding ortho intramolecular Hbond substituents is 1. The Labute approximate surface area is 103 Å². The van der Waals surface area contributed by atoms with Gasteiger partial charge in [0.2, 0.25) is 0 Å². The molecule has 0 saturated carbocycles. The van der Waals surface area contributed by atoms with E-state index in [4.69, 9.17) is 9.47 Å². The smallest absolute Gasteiger partial charge is 0.172 e. The summed E-state index contributed by atoms with van der Waals surface area (Å²) in [5, 5.41) is 12.8. The van der Waals surface area contributed by atoms with Crippen LogP contribution in [0, 0.1) is 0 Å². The van der Waals surface area contributed by atoms with Crippen molar-refractivity contribution in [3.63, 3.8) is 0 Å². The molecule has 1 aromatic rings. The van der Waals surface area contributed by atoms with Gasteiger partial charge in [0, 0.05) is 19.2 Å². The topological polar surface area (TPSA) is 50.7 Å². The second kappa shape index (κ2) is 4.93. The summed E-state index contributed by atoms with van der Waals surface area (Å²) in [6.07, 6.45) is 0.214. The molecular formula is C11H14BrNO3. The van der Waals surface area contributed by atoms with Crippen molar-refractivity contribution >= 4 is 15.9 Å². The highest BCUT2D eigenvalue weighted by Crippen LogP contribution is 2.38. The molecular weight excluding hydrogens is 274 g/mol. The van der Waals surface area contributed by atoms with Gasteiger partial charge in [-0.2, -0.15) is 0 Å². The van der Waals surface area contributed by atoms with Gasteiger partial charge in [-0.25, -0.2) is 0 Å². The van der Waals surface area contributed by atoms with Crippen LogP contribution >= 0.6 is 15.9 Å². The third-order valence-corrected chi connectivity index (χ3v) is 2.95. The first-order valence-corrected chi connectivity index (χ1v) is 6.02. The van der Waals surface area contributed by atoms with Gasteiger partial charge in [-0.05, 0) is 28.9 Å².